The van der Waals surface area contributed by atoms with Crippen LogP contribution in [0.5, 0.6) is 0 Å². The summed E-state index contributed by atoms with van der Waals surface area (Å²) < 4.78 is 23.5. The molecule has 28 heavy (non-hydrogen) atoms. The van der Waals surface area contributed by atoms with Gasteiger partial charge in [0.05, 0.1) is 12.2 Å². The molecule has 0 aliphatic carbocycles. The zero-order valence-electron chi connectivity index (χ0n) is 17.3. The lowest BCUT2D eigenvalue weighted by Gasteiger charge is -2.41. The number of carbonyl (C=O) groups is 1. The van der Waals surface area contributed by atoms with Gasteiger partial charge in [0.25, 0.3) is 0 Å². The summed E-state index contributed by atoms with van der Waals surface area (Å²) in [4.78, 5) is 11.1. The standard InChI is InChI=1S/C18H40N4O5Si/c1-3-17(23)25-14-4-5-15-26-28(24-2,16-6-10-19)27-18(7-11-20,8-12-21)9-13-22/h3H,1,4-16,19-22H2,2H3. The van der Waals surface area contributed by atoms with Crippen LogP contribution in [0.15, 0.2) is 12.7 Å². The van der Waals surface area contributed by atoms with Gasteiger partial charge in [-0.2, -0.15) is 0 Å². The van der Waals surface area contributed by atoms with Crippen LogP contribution in [0.1, 0.15) is 38.5 Å². The number of nitrogens with two attached hydrogens (primary N) is 4. The number of esters is 1. The minimum Gasteiger partial charge on any atom is -0.463 e. The summed E-state index contributed by atoms with van der Waals surface area (Å²) in [7, 11) is -1.39. The van der Waals surface area contributed by atoms with Gasteiger partial charge in [-0.15, -0.1) is 0 Å². The molecular formula is C18H40N4O5Si. The van der Waals surface area contributed by atoms with E-state index in [4.69, 9.17) is 40.9 Å². The summed E-state index contributed by atoms with van der Waals surface area (Å²) in [5.74, 6) is -0.428. The van der Waals surface area contributed by atoms with Crippen molar-refractivity contribution in [2.45, 2.75) is 50.2 Å². The molecule has 1 atom stereocenters. The maximum atomic E-state index is 11.1. The van der Waals surface area contributed by atoms with E-state index >= 15 is 0 Å². The highest BCUT2D eigenvalue weighted by Crippen LogP contribution is 2.31. The van der Waals surface area contributed by atoms with Crippen LogP contribution in [0, 0.1) is 0 Å². The average molecular weight is 421 g/mol. The van der Waals surface area contributed by atoms with Gasteiger partial charge in [0.15, 0.2) is 0 Å². The largest absolute Gasteiger partial charge is 0.501 e. The van der Waals surface area contributed by atoms with Crippen molar-refractivity contribution in [1.82, 2.24) is 0 Å². The molecule has 0 aromatic carbocycles. The van der Waals surface area contributed by atoms with Crippen molar-refractivity contribution in [1.29, 1.82) is 0 Å². The number of hydrogen-bond donors (Lipinski definition) is 4. The highest BCUT2D eigenvalue weighted by molar-refractivity contribution is 6.60. The van der Waals surface area contributed by atoms with Gasteiger partial charge in [-0.1, -0.05) is 6.58 Å². The molecule has 0 aromatic heterocycles. The third-order valence-electron chi connectivity index (χ3n) is 4.44. The molecule has 0 aromatic rings. The van der Waals surface area contributed by atoms with Crippen molar-refractivity contribution in [3.63, 3.8) is 0 Å². The monoisotopic (exact) mass is 420 g/mol. The van der Waals surface area contributed by atoms with Crippen LogP contribution in [0.2, 0.25) is 6.04 Å². The number of carbonyl (C=O) groups excluding carboxylic acids is 1. The van der Waals surface area contributed by atoms with Gasteiger partial charge in [-0.05, 0) is 64.7 Å². The summed E-state index contributed by atoms with van der Waals surface area (Å²) in [6.07, 6.45) is 5.12. The maximum absolute atomic E-state index is 11.1. The lowest BCUT2D eigenvalue weighted by atomic mass is 9.92. The van der Waals surface area contributed by atoms with Gasteiger partial charge in [-0.3, -0.25) is 0 Å². The Kier molecular flexibility index (Phi) is 15.5. The molecule has 1 unspecified atom stereocenters. The topological polar surface area (TPSA) is 158 Å². The van der Waals surface area contributed by atoms with Gasteiger partial charge in [0, 0.05) is 25.8 Å². The fraction of sp³-hybridized carbons (Fsp3) is 0.833. The first-order chi connectivity index (χ1) is 13.5. The molecule has 0 aliphatic heterocycles. The van der Waals surface area contributed by atoms with Crippen LogP contribution in [0.4, 0.5) is 0 Å². The second kappa shape index (κ2) is 16.0. The summed E-state index contributed by atoms with van der Waals surface area (Å²) in [5, 5.41) is 0. The first kappa shape index (κ1) is 27.1. The van der Waals surface area contributed by atoms with Crippen molar-refractivity contribution in [3.05, 3.63) is 12.7 Å². The molecule has 0 saturated carbocycles. The molecule has 8 N–H and O–H groups in total. The molecule has 10 heteroatoms. The zero-order valence-corrected chi connectivity index (χ0v) is 18.3. The van der Waals surface area contributed by atoms with Gasteiger partial charge in [0.2, 0.25) is 0 Å². The Morgan fingerprint density at radius 1 is 0.964 bits per heavy atom. The van der Waals surface area contributed by atoms with Gasteiger partial charge in [0.1, 0.15) is 0 Å². The second-order valence-corrected chi connectivity index (χ2v) is 9.37. The predicted molar refractivity (Wildman–Crippen MR) is 112 cm³/mol. The second-order valence-electron chi connectivity index (χ2n) is 6.61. The minimum atomic E-state index is -3.00. The third-order valence-corrected chi connectivity index (χ3v) is 7.42. The minimum absolute atomic E-state index is 0.316. The van der Waals surface area contributed by atoms with Crippen molar-refractivity contribution >= 4 is 14.8 Å². The molecule has 0 spiro atoms. The summed E-state index contributed by atoms with van der Waals surface area (Å²) in [6.45, 7) is 6.00. The third kappa shape index (κ3) is 10.6. The first-order valence-electron chi connectivity index (χ1n) is 9.95. The molecule has 9 nitrogen and oxygen atoms in total. The highest BCUT2D eigenvalue weighted by atomic mass is 28.4. The van der Waals surface area contributed by atoms with Crippen LogP contribution in [0.25, 0.3) is 0 Å². The average Bonchev–Trinajstić information content (AvgIpc) is 2.69. The summed E-state index contributed by atoms with van der Waals surface area (Å²) in [6, 6.07) is 0.604. The number of ether oxygens (including phenoxy) is 1. The molecule has 166 valence electrons. The Labute approximate surface area is 170 Å². The Morgan fingerprint density at radius 3 is 2.00 bits per heavy atom. The van der Waals surface area contributed by atoms with Gasteiger partial charge < -0.3 is 40.9 Å². The van der Waals surface area contributed by atoms with E-state index < -0.39 is 20.4 Å². The fourth-order valence-electron chi connectivity index (χ4n) is 2.98. The molecule has 0 radical (unpaired) electrons. The summed E-state index contributed by atoms with van der Waals surface area (Å²) in [5.41, 5.74) is 22.6. The molecule has 0 rings (SSSR count). The van der Waals surface area contributed by atoms with Crippen LogP contribution in [-0.2, 0) is 22.8 Å². The van der Waals surface area contributed by atoms with Crippen LogP contribution in [-0.4, -0.2) is 66.9 Å². The number of unbranched alkanes of at least 4 members (excludes halogenated alkanes) is 1. The van der Waals surface area contributed by atoms with Gasteiger partial charge >= 0.3 is 14.8 Å². The quantitative estimate of drug-likeness (QED) is 0.0994. The van der Waals surface area contributed by atoms with E-state index in [1.807, 2.05) is 0 Å². The molecule has 0 aliphatic rings. The lowest BCUT2D eigenvalue weighted by Crippen LogP contribution is -2.54. The van der Waals surface area contributed by atoms with Crippen LogP contribution in [0.3, 0.4) is 0 Å². The van der Waals surface area contributed by atoms with E-state index in [2.05, 4.69) is 6.58 Å². The molecule has 0 heterocycles. The Hall–Kier alpha value is -0.853. The van der Waals surface area contributed by atoms with E-state index in [1.165, 1.54) is 0 Å². The van der Waals surface area contributed by atoms with E-state index in [-0.39, 0.29) is 0 Å². The Bertz CT molecular complexity index is 414. The highest BCUT2D eigenvalue weighted by Gasteiger charge is 2.46. The molecule has 0 amide bonds. The van der Waals surface area contributed by atoms with E-state index in [9.17, 15) is 4.79 Å². The Balaban J connectivity index is 5.02. The van der Waals surface area contributed by atoms with E-state index in [1.54, 1.807) is 7.11 Å². The predicted octanol–water partition coefficient (Wildman–Crippen LogP) is 0.248. The lowest BCUT2D eigenvalue weighted by molar-refractivity contribution is -0.137. The van der Waals surface area contributed by atoms with Crippen molar-refractivity contribution in [2.75, 3.05) is 46.5 Å². The molecule has 0 saturated heterocycles. The number of hydrogen-bond acceptors (Lipinski definition) is 9. The fourth-order valence-corrected chi connectivity index (χ4v) is 5.75. The van der Waals surface area contributed by atoms with E-state index in [0.717, 1.165) is 12.5 Å². The molecule has 0 bridgehead atoms. The van der Waals surface area contributed by atoms with E-state index in [0.29, 0.717) is 77.5 Å². The van der Waals surface area contributed by atoms with Crippen molar-refractivity contribution in [3.8, 4) is 0 Å². The summed E-state index contributed by atoms with van der Waals surface area (Å²) >= 11 is 0. The first-order valence-corrected chi connectivity index (χ1v) is 11.9. The zero-order chi connectivity index (χ0) is 21.3. The molecular weight excluding hydrogens is 380 g/mol. The SMILES string of the molecule is C=CC(=O)OCCCCO[Si](CCCN)(OC)OC(CCN)(CCN)CCN. The van der Waals surface area contributed by atoms with Gasteiger partial charge in [-0.25, -0.2) is 4.79 Å². The Morgan fingerprint density at radius 2 is 1.54 bits per heavy atom. The van der Waals surface area contributed by atoms with Crippen molar-refractivity contribution < 1.29 is 22.8 Å². The van der Waals surface area contributed by atoms with Crippen molar-refractivity contribution in [2.24, 2.45) is 22.9 Å². The maximum Gasteiger partial charge on any atom is 0.501 e. The number of rotatable bonds is 19. The van der Waals surface area contributed by atoms with Crippen LogP contribution < -0.4 is 22.9 Å². The van der Waals surface area contributed by atoms with Crippen LogP contribution >= 0.6 is 0 Å². The molecule has 0 fully saturated rings. The normalized spacial score (nSPS) is 13.9. The smallest absolute Gasteiger partial charge is 0.463 e.